The molecule has 3 heteroatoms. The molecule has 0 radical (unpaired) electrons. The Balaban J connectivity index is 2.35. The third kappa shape index (κ3) is 2.05. The maximum absolute atomic E-state index is 5.78. The van der Waals surface area contributed by atoms with Crippen molar-refractivity contribution in [1.29, 1.82) is 0 Å². The van der Waals surface area contributed by atoms with Gasteiger partial charge >= 0.3 is 0 Å². The highest BCUT2D eigenvalue weighted by Crippen LogP contribution is 2.31. The predicted octanol–water partition coefficient (Wildman–Crippen LogP) is 2.08. The lowest BCUT2D eigenvalue weighted by molar-refractivity contribution is 0.625. The van der Waals surface area contributed by atoms with Crippen molar-refractivity contribution in [3.05, 3.63) is 23.5 Å². The van der Waals surface area contributed by atoms with Crippen LogP contribution in [0.2, 0.25) is 0 Å². The van der Waals surface area contributed by atoms with Crippen molar-refractivity contribution in [2.24, 2.45) is 11.7 Å². The van der Waals surface area contributed by atoms with E-state index in [0.717, 1.165) is 23.7 Å². The Morgan fingerprint density at radius 2 is 2.25 bits per heavy atom. The predicted molar refractivity (Wildman–Crippen MR) is 67.5 cm³/mol. The largest absolute Gasteiger partial charge is 0.368 e. The molecule has 1 aromatic rings. The summed E-state index contributed by atoms with van der Waals surface area (Å²) in [7, 11) is 0. The second kappa shape index (κ2) is 4.42. The van der Waals surface area contributed by atoms with E-state index in [1.54, 1.807) is 0 Å². The number of hydrogen-bond donors (Lipinski definition) is 1. The van der Waals surface area contributed by atoms with E-state index < -0.39 is 0 Å². The van der Waals surface area contributed by atoms with Gasteiger partial charge in [0.05, 0.1) is 0 Å². The topological polar surface area (TPSA) is 42.1 Å². The van der Waals surface area contributed by atoms with E-state index in [-0.39, 0.29) is 0 Å². The summed E-state index contributed by atoms with van der Waals surface area (Å²) in [5.41, 5.74) is 9.29. The molecule has 16 heavy (non-hydrogen) atoms. The van der Waals surface area contributed by atoms with Gasteiger partial charge in [-0.15, -0.1) is 0 Å². The van der Waals surface area contributed by atoms with Crippen molar-refractivity contribution in [2.45, 2.75) is 39.8 Å². The number of aryl methyl sites for hydroxylation is 1. The van der Waals surface area contributed by atoms with Crippen LogP contribution in [0.25, 0.3) is 0 Å². The zero-order valence-corrected chi connectivity index (χ0v) is 10.4. The first-order valence-electron chi connectivity index (χ1n) is 6.04. The van der Waals surface area contributed by atoms with Crippen molar-refractivity contribution in [2.75, 3.05) is 11.4 Å². The Hall–Kier alpha value is -1.09. The van der Waals surface area contributed by atoms with Gasteiger partial charge in [0.2, 0.25) is 0 Å². The lowest BCUT2D eigenvalue weighted by Crippen LogP contribution is -2.28. The van der Waals surface area contributed by atoms with Crippen LogP contribution in [0.1, 0.15) is 31.5 Å². The van der Waals surface area contributed by atoms with Gasteiger partial charge in [-0.2, -0.15) is 0 Å². The number of nitrogens with two attached hydrogens (primary N) is 1. The maximum Gasteiger partial charge on any atom is 0.0447 e. The molecule has 0 amide bonds. The van der Waals surface area contributed by atoms with Crippen molar-refractivity contribution < 1.29 is 0 Å². The van der Waals surface area contributed by atoms with E-state index >= 15 is 0 Å². The Morgan fingerprint density at radius 3 is 2.81 bits per heavy atom. The Morgan fingerprint density at radius 1 is 1.50 bits per heavy atom. The molecule has 1 aliphatic rings. The van der Waals surface area contributed by atoms with E-state index in [4.69, 9.17) is 5.73 Å². The number of aromatic nitrogens is 1. The molecule has 0 aromatic carbocycles. The molecule has 2 heterocycles. The zero-order valence-electron chi connectivity index (χ0n) is 10.4. The third-order valence-electron chi connectivity index (χ3n) is 3.41. The van der Waals surface area contributed by atoms with Crippen LogP contribution in [0.15, 0.2) is 12.3 Å². The van der Waals surface area contributed by atoms with Crippen molar-refractivity contribution in [1.82, 2.24) is 4.98 Å². The molecule has 2 atom stereocenters. The van der Waals surface area contributed by atoms with E-state index in [1.165, 1.54) is 12.1 Å². The smallest absolute Gasteiger partial charge is 0.0447 e. The van der Waals surface area contributed by atoms with Gasteiger partial charge in [-0.25, -0.2) is 0 Å². The first-order valence-corrected chi connectivity index (χ1v) is 6.04. The molecule has 2 N–H and O–H groups in total. The summed E-state index contributed by atoms with van der Waals surface area (Å²) in [4.78, 5) is 6.79. The van der Waals surface area contributed by atoms with Crippen LogP contribution in [-0.4, -0.2) is 17.6 Å². The lowest BCUT2D eigenvalue weighted by Gasteiger charge is -2.26. The van der Waals surface area contributed by atoms with E-state index in [1.807, 2.05) is 13.1 Å². The van der Waals surface area contributed by atoms with Gasteiger partial charge < -0.3 is 10.6 Å². The van der Waals surface area contributed by atoms with Crippen LogP contribution in [0.4, 0.5) is 5.69 Å². The summed E-state index contributed by atoms with van der Waals surface area (Å²) >= 11 is 0. The molecule has 3 nitrogen and oxygen atoms in total. The molecule has 1 aromatic heterocycles. The summed E-state index contributed by atoms with van der Waals surface area (Å²) in [5, 5.41) is 0. The number of hydrogen-bond acceptors (Lipinski definition) is 3. The fraction of sp³-hybridized carbons (Fsp3) is 0.615. The molecule has 1 aliphatic heterocycles. The van der Waals surface area contributed by atoms with E-state index in [2.05, 4.69) is 29.8 Å². The second-order valence-electron chi connectivity index (χ2n) is 5.00. The number of rotatable bonds is 2. The van der Waals surface area contributed by atoms with Gasteiger partial charge in [0.25, 0.3) is 0 Å². The van der Waals surface area contributed by atoms with Crippen molar-refractivity contribution in [3.8, 4) is 0 Å². The van der Waals surface area contributed by atoms with Crippen LogP contribution < -0.4 is 10.6 Å². The lowest BCUT2D eigenvalue weighted by atomic mass is 10.1. The molecular weight excluding hydrogens is 198 g/mol. The highest BCUT2D eigenvalue weighted by atomic mass is 15.2. The van der Waals surface area contributed by atoms with Crippen LogP contribution in [0.5, 0.6) is 0 Å². The molecular formula is C13H21N3. The van der Waals surface area contributed by atoms with Gasteiger partial charge in [-0.3, -0.25) is 4.98 Å². The summed E-state index contributed by atoms with van der Waals surface area (Å²) in [6, 6.07) is 2.78. The maximum atomic E-state index is 5.78. The summed E-state index contributed by atoms with van der Waals surface area (Å²) in [6.45, 7) is 8.35. The second-order valence-corrected chi connectivity index (χ2v) is 5.00. The fourth-order valence-electron chi connectivity index (χ4n) is 2.63. The van der Waals surface area contributed by atoms with Crippen molar-refractivity contribution >= 4 is 5.69 Å². The average molecular weight is 219 g/mol. The molecule has 1 fully saturated rings. The SMILES string of the molecule is Cc1cc(N2CC(C)CC2C)c(CN)cn1. The Bertz CT molecular complexity index is 375. The molecule has 0 spiro atoms. The van der Waals surface area contributed by atoms with Crippen LogP contribution >= 0.6 is 0 Å². The van der Waals surface area contributed by atoms with E-state index in [9.17, 15) is 0 Å². The first-order chi connectivity index (χ1) is 7.61. The van der Waals surface area contributed by atoms with Crippen molar-refractivity contribution in [3.63, 3.8) is 0 Å². The third-order valence-corrected chi connectivity index (χ3v) is 3.41. The standard InChI is InChI=1S/C13H21N3/c1-9-4-11(3)16(8-9)13-5-10(2)15-7-12(13)6-14/h5,7,9,11H,4,6,8,14H2,1-3H3. The summed E-state index contributed by atoms with van der Waals surface area (Å²) < 4.78 is 0. The molecule has 0 aliphatic carbocycles. The molecule has 1 saturated heterocycles. The van der Waals surface area contributed by atoms with Gasteiger partial charge in [-0.1, -0.05) is 6.92 Å². The molecule has 2 rings (SSSR count). The Kier molecular flexibility index (Phi) is 3.15. The molecule has 88 valence electrons. The van der Waals surface area contributed by atoms with Gasteiger partial charge in [0.15, 0.2) is 0 Å². The number of nitrogens with zero attached hydrogens (tertiary/aromatic N) is 2. The highest BCUT2D eigenvalue weighted by Gasteiger charge is 2.27. The van der Waals surface area contributed by atoms with Crippen LogP contribution in [0, 0.1) is 12.8 Å². The van der Waals surface area contributed by atoms with Gasteiger partial charge in [0.1, 0.15) is 0 Å². The highest BCUT2D eigenvalue weighted by molar-refractivity contribution is 5.55. The minimum absolute atomic E-state index is 0.570. The first kappa shape index (κ1) is 11.4. The molecule has 0 saturated carbocycles. The summed E-state index contributed by atoms with van der Waals surface area (Å²) in [6.07, 6.45) is 3.19. The summed E-state index contributed by atoms with van der Waals surface area (Å²) in [5.74, 6) is 0.772. The quantitative estimate of drug-likeness (QED) is 0.828. The Labute approximate surface area is 97.7 Å². The average Bonchev–Trinajstić information content (AvgIpc) is 2.57. The van der Waals surface area contributed by atoms with Crippen LogP contribution in [-0.2, 0) is 6.54 Å². The minimum Gasteiger partial charge on any atom is -0.368 e. The number of pyridine rings is 1. The molecule has 2 unspecified atom stereocenters. The van der Waals surface area contributed by atoms with Crippen LogP contribution in [0.3, 0.4) is 0 Å². The van der Waals surface area contributed by atoms with E-state index in [0.29, 0.717) is 12.6 Å². The normalized spacial score (nSPS) is 25.1. The number of anilines is 1. The zero-order chi connectivity index (χ0) is 11.7. The van der Waals surface area contributed by atoms with Gasteiger partial charge in [-0.05, 0) is 32.3 Å². The minimum atomic E-state index is 0.570. The molecule has 0 bridgehead atoms. The fourth-order valence-corrected chi connectivity index (χ4v) is 2.63. The van der Waals surface area contributed by atoms with Gasteiger partial charge in [0, 0.05) is 42.3 Å². The monoisotopic (exact) mass is 219 g/mol.